The zero-order valence-corrected chi connectivity index (χ0v) is 19.2. The molecule has 0 N–H and O–H groups in total. The van der Waals surface area contributed by atoms with Gasteiger partial charge in [-0.05, 0) is 48.7 Å². The van der Waals surface area contributed by atoms with E-state index in [4.69, 9.17) is 4.74 Å². The monoisotopic (exact) mass is 481 g/mol. The number of nitro groups is 1. The van der Waals surface area contributed by atoms with Crippen molar-refractivity contribution in [2.45, 2.75) is 25.9 Å². The highest BCUT2D eigenvalue weighted by molar-refractivity contribution is 8.18. The average Bonchev–Trinajstić information content (AvgIpc) is 3.11. The fraction of sp³-hybridized carbons (Fsp3) is 0.292. The van der Waals surface area contributed by atoms with E-state index in [0.29, 0.717) is 30.0 Å². The number of carbonyl (C=O) groups is 3. The van der Waals surface area contributed by atoms with Crippen LogP contribution in [-0.4, -0.2) is 51.4 Å². The van der Waals surface area contributed by atoms with Gasteiger partial charge < -0.3 is 9.64 Å². The molecule has 0 saturated carbocycles. The van der Waals surface area contributed by atoms with E-state index in [2.05, 4.69) is 0 Å². The number of benzene rings is 2. The first-order valence-corrected chi connectivity index (χ1v) is 11.7. The lowest BCUT2D eigenvalue weighted by molar-refractivity contribution is -0.384. The van der Waals surface area contributed by atoms with Crippen LogP contribution in [0.15, 0.2) is 53.4 Å². The van der Waals surface area contributed by atoms with E-state index < -0.39 is 16.1 Å². The summed E-state index contributed by atoms with van der Waals surface area (Å²) in [5.74, 6) is -0.261. The number of likely N-dealkylation sites (tertiary alicyclic amines) is 1. The lowest BCUT2D eigenvalue weighted by Crippen LogP contribution is -2.44. The normalized spacial score (nSPS) is 17.4. The van der Waals surface area contributed by atoms with Crippen molar-refractivity contribution >= 4 is 40.6 Å². The molecule has 0 aromatic heterocycles. The van der Waals surface area contributed by atoms with Gasteiger partial charge in [0.15, 0.2) is 0 Å². The van der Waals surface area contributed by atoms with Crippen LogP contribution in [0.4, 0.5) is 10.5 Å². The topological polar surface area (TPSA) is 110 Å². The van der Waals surface area contributed by atoms with Crippen molar-refractivity contribution in [2.75, 3.05) is 19.6 Å². The summed E-state index contributed by atoms with van der Waals surface area (Å²) in [5.41, 5.74) is 1.18. The number of imide groups is 1. The number of non-ortho nitro benzene ring substituents is 1. The maximum Gasteiger partial charge on any atom is 0.294 e. The number of piperidine rings is 1. The highest BCUT2D eigenvalue weighted by Crippen LogP contribution is 2.34. The first kappa shape index (κ1) is 23.5. The summed E-state index contributed by atoms with van der Waals surface area (Å²) < 4.78 is 5.85. The van der Waals surface area contributed by atoms with Gasteiger partial charge in [0.25, 0.3) is 16.8 Å². The number of thioether (sulfide) groups is 1. The summed E-state index contributed by atoms with van der Waals surface area (Å²) in [6, 6.07) is 13.2. The van der Waals surface area contributed by atoms with Gasteiger partial charge in [-0.25, -0.2) is 0 Å². The second-order valence-electron chi connectivity index (χ2n) is 7.96. The lowest BCUT2D eigenvalue weighted by Gasteiger charge is -2.27. The number of nitrogens with zero attached hydrogens (tertiary/aromatic N) is 3. The summed E-state index contributed by atoms with van der Waals surface area (Å²) in [7, 11) is 0. The van der Waals surface area contributed by atoms with Crippen molar-refractivity contribution in [2.24, 2.45) is 0 Å². The molecule has 2 aliphatic rings. The van der Waals surface area contributed by atoms with Crippen molar-refractivity contribution in [1.82, 2.24) is 9.80 Å². The van der Waals surface area contributed by atoms with Crippen LogP contribution in [0.1, 0.15) is 30.4 Å². The fourth-order valence-electron chi connectivity index (χ4n) is 3.81. The van der Waals surface area contributed by atoms with E-state index >= 15 is 0 Å². The van der Waals surface area contributed by atoms with Crippen LogP contribution in [0.3, 0.4) is 0 Å². The molecule has 34 heavy (non-hydrogen) atoms. The highest BCUT2D eigenvalue weighted by Gasteiger charge is 2.37. The summed E-state index contributed by atoms with van der Waals surface area (Å²) in [4.78, 5) is 51.3. The molecule has 0 aliphatic carbocycles. The summed E-state index contributed by atoms with van der Waals surface area (Å²) in [6.07, 6.45) is 4.51. The number of rotatable bonds is 7. The van der Waals surface area contributed by atoms with Gasteiger partial charge in [-0.1, -0.05) is 30.3 Å². The summed E-state index contributed by atoms with van der Waals surface area (Å²) in [5, 5.41) is 10.5. The molecule has 2 fully saturated rings. The zero-order valence-electron chi connectivity index (χ0n) is 18.3. The maximum atomic E-state index is 12.9. The molecule has 0 atom stereocenters. The highest BCUT2D eigenvalue weighted by atomic mass is 32.2. The Morgan fingerprint density at radius 2 is 1.85 bits per heavy atom. The van der Waals surface area contributed by atoms with Crippen LogP contribution >= 0.6 is 11.8 Å². The lowest BCUT2D eigenvalue weighted by atomic mass is 10.1. The van der Waals surface area contributed by atoms with E-state index in [9.17, 15) is 24.5 Å². The molecule has 176 valence electrons. The fourth-order valence-corrected chi connectivity index (χ4v) is 4.64. The SMILES string of the molecule is O=C(CN1C(=O)S/C(=C\c2ccccc2OCc2cccc([N+](=O)[O-])c2)C1=O)N1CCCCC1. The molecule has 4 rings (SSSR count). The van der Waals surface area contributed by atoms with Crippen molar-refractivity contribution in [3.05, 3.63) is 74.7 Å². The van der Waals surface area contributed by atoms with Gasteiger partial charge in [0.05, 0.1) is 9.83 Å². The van der Waals surface area contributed by atoms with Gasteiger partial charge >= 0.3 is 0 Å². The van der Waals surface area contributed by atoms with E-state index in [1.165, 1.54) is 12.1 Å². The third-order valence-corrected chi connectivity index (χ3v) is 6.50. The summed E-state index contributed by atoms with van der Waals surface area (Å²) in [6.45, 7) is 1.14. The molecular formula is C24H23N3O6S. The molecule has 0 bridgehead atoms. The first-order valence-electron chi connectivity index (χ1n) is 10.9. The van der Waals surface area contributed by atoms with E-state index in [0.717, 1.165) is 35.9 Å². The number of amides is 3. The van der Waals surface area contributed by atoms with Gasteiger partial charge in [-0.2, -0.15) is 0 Å². The molecule has 0 unspecified atom stereocenters. The minimum Gasteiger partial charge on any atom is -0.488 e. The predicted octanol–water partition coefficient (Wildman–Crippen LogP) is 4.22. The Balaban J connectivity index is 1.46. The Bertz CT molecular complexity index is 1160. The maximum absolute atomic E-state index is 12.9. The van der Waals surface area contributed by atoms with Gasteiger partial charge in [-0.3, -0.25) is 29.4 Å². The zero-order chi connectivity index (χ0) is 24.1. The van der Waals surface area contributed by atoms with Gasteiger partial charge in [0, 0.05) is 30.8 Å². The average molecular weight is 482 g/mol. The van der Waals surface area contributed by atoms with Crippen molar-refractivity contribution in [1.29, 1.82) is 0 Å². The second-order valence-corrected chi connectivity index (χ2v) is 8.96. The largest absolute Gasteiger partial charge is 0.488 e. The molecule has 2 heterocycles. The number of hydrogen-bond acceptors (Lipinski definition) is 7. The van der Waals surface area contributed by atoms with E-state index in [-0.39, 0.29) is 29.7 Å². The summed E-state index contributed by atoms with van der Waals surface area (Å²) >= 11 is 0.791. The molecule has 9 nitrogen and oxygen atoms in total. The van der Waals surface area contributed by atoms with Crippen molar-refractivity contribution in [3.63, 3.8) is 0 Å². The number of ether oxygens (including phenoxy) is 1. The van der Waals surface area contributed by atoms with Crippen LogP contribution in [0, 0.1) is 10.1 Å². The Kier molecular flexibility index (Phi) is 7.27. The molecule has 2 aromatic carbocycles. The number of carbonyl (C=O) groups excluding carboxylic acids is 3. The number of hydrogen-bond donors (Lipinski definition) is 0. The van der Waals surface area contributed by atoms with Gasteiger partial charge in [-0.15, -0.1) is 0 Å². The van der Waals surface area contributed by atoms with Crippen molar-refractivity contribution < 1.29 is 24.0 Å². The van der Waals surface area contributed by atoms with Crippen LogP contribution in [-0.2, 0) is 16.2 Å². The van der Waals surface area contributed by atoms with Crippen LogP contribution in [0.2, 0.25) is 0 Å². The molecule has 2 aliphatic heterocycles. The third kappa shape index (κ3) is 5.45. The predicted molar refractivity (Wildman–Crippen MR) is 127 cm³/mol. The van der Waals surface area contributed by atoms with E-state index in [1.54, 1.807) is 47.4 Å². The molecule has 10 heteroatoms. The quantitative estimate of drug-likeness (QED) is 0.331. The Morgan fingerprint density at radius 1 is 1.09 bits per heavy atom. The molecule has 3 amide bonds. The smallest absolute Gasteiger partial charge is 0.294 e. The first-order chi connectivity index (χ1) is 16.4. The third-order valence-electron chi connectivity index (χ3n) is 5.60. The molecule has 0 spiro atoms. The Morgan fingerprint density at radius 3 is 2.62 bits per heavy atom. The molecule has 2 saturated heterocycles. The van der Waals surface area contributed by atoms with Crippen molar-refractivity contribution in [3.8, 4) is 5.75 Å². The van der Waals surface area contributed by atoms with E-state index in [1.807, 2.05) is 0 Å². The number of para-hydroxylation sites is 1. The standard InChI is InChI=1S/C24H23N3O6S/c28-22(25-11-4-1-5-12-25)15-26-23(29)21(34-24(26)30)14-18-8-2-3-10-20(18)33-16-17-7-6-9-19(13-17)27(31)32/h2-3,6-10,13-14H,1,4-5,11-12,15-16H2/b21-14-. The Hall–Kier alpha value is -3.66. The minimum absolute atomic E-state index is 0.0258. The van der Waals surface area contributed by atoms with Gasteiger partial charge in [0.1, 0.15) is 18.9 Å². The molecule has 2 aromatic rings. The van der Waals surface area contributed by atoms with Crippen LogP contribution in [0.25, 0.3) is 6.08 Å². The molecular weight excluding hydrogens is 458 g/mol. The second kappa shape index (κ2) is 10.5. The Labute approximate surface area is 200 Å². The van der Waals surface area contributed by atoms with Gasteiger partial charge in [0.2, 0.25) is 5.91 Å². The minimum atomic E-state index is -0.506. The van der Waals surface area contributed by atoms with Crippen LogP contribution in [0.5, 0.6) is 5.75 Å². The molecule has 0 radical (unpaired) electrons. The van der Waals surface area contributed by atoms with Crippen LogP contribution < -0.4 is 4.74 Å². The number of nitro benzene ring substituents is 1.